The van der Waals surface area contributed by atoms with Gasteiger partial charge in [-0.15, -0.1) is 0 Å². The number of aliphatic hydroxyl groups is 1. The van der Waals surface area contributed by atoms with E-state index in [0.29, 0.717) is 0 Å². The Hall–Kier alpha value is 1.50. The van der Waals surface area contributed by atoms with E-state index in [9.17, 15) is 27.7 Å². The maximum atomic E-state index is 12.1. The summed E-state index contributed by atoms with van der Waals surface area (Å²) >= 11 is 13.8. The van der Waals surface area contributed by atoms with Crippen LogP contribution in [0.5, 0.6) is 0 Å². The smallest absolute Gasteiger partial charge is 0.396 e. The summed E-state index contributed by atoms with van der Waals surface area (Å²) in [6.07, 6.45) is 0. The minimum absolute atomic E-state index is 0. The van der Waals surface area contributed by atoms with Gasteiger partial charge in [0.1, 0.15) is 0 Å². The molecule has 248 valence electrons. The summed E-state index contributed by atoms with van der Waals surface area (Å²) in [5, 5.41) is 5.70. The van der Waals surface area contributed by atoms with Crippen LogP contribution in [-0.4, -0.2) is 89.3 Å². The highest BCUT2D eigenvalue weighted by molar-refractivity contribution is 8.24. The third-order valence-electron chi connectivity index (χ3n) is 6.16. The van der Waals surface area contributed by atoms with Crippen LogP contribution in [0.3, 0.4) is 0 Å². The van der Waals surface area contributed by atoms with Crippen molar-refractivity contribution < 1.29 is 82.6 Å². The molecule has 9 saturated heterocycles. The summed E-state index contributed by atoms with van der Waals surface area (Å²) < 4.78 is 110. The molecule has 18 nitrogen and oxygen atoms in total. The van der Waals surface area contributed by atoms with E-state index in [-0.39, 0.29) is 86.7 Å². The quantitative estimate of drug-likeness (QED) is 0.322. The molecule has 9 aliphatic rings. The molecule has 0 radical (unpaired) electrons. The van der Waals surface area contributed by atoms with Crippen LogP contribution < -0.4 is 0 Å². The number of hydrogen-bond donors (Lipinski definition) is 2. The number of aliphatic hydroxyl groups excluding tert-OH is 1. The van der Waals surface area contributed by atoms with Crippen molar-refractivity contribution >= 4 is 70.2 Å². The first kappa shape index (κ1) is 38.0. The van der Waals surface area contributed by atoms with Crippen LogP contribution >= 0.6 is 70.2 Å². The number of hydrogen-bond acceptors (Lipinski definition) is 17. The van der Waals surface area contributed by atoms with Gasteiger partial charge in [-0.05, 0) is 33.7 Å². The standard InChI is InChI=1S/C10H17O12P3.C5H9O5P.CH4.Cl3OP/c11-23(12,15-1-9-3-17-24(13,18-4-9)19-5-9)16-2-10-6-20-25(14,21-7-10)22-8-10;6-1-5-2-8-11(7,9-3-5)10-4-5;;1-5(2,3)4/h1-8H2,(H,11,12);6H,1-4H2;1H4;. The third kappa shape index (κ3) is 10.2. The topological polar surface area (TPSA) is 227 Å². The van der Waals surface area contributed by atoms with Crippen molar-refractivity contribution in [2.24, 2.45) is 16.2 Å². The highest BCUT2D eigenvalue weighted by Gasteiger charge is 2.54. The minimum atomic E-state index is -4.41. The summed E-state index contributed by atoms with van der Waals surface area (Å²) in [6, 6.07) is 0. The number of phosphoric acid groups is 4. The summed E-state index contributed by atoms with van der Waals surface area (Å²) in [6.45, 7) is 0.405. The minimum Gasteiger partial charge on any atom is -0.396 e. The van der Waals surface area contributed by atoms with Gasteiger partial charge < -0.3 is 10.00 Å². The molecule has 0 spiro atoms. The Bertz CT molecular complexity index is 1060. The van der Waals surface area contributed by atoms with E-state index in [0.717, 1.165) is 0 Å². The molecule has 0 atom stereocenters. The second kappa shape index (κ2) is 13.9. The Kier molecular flexibility index (Phi) is 12.6. The van der Waals surface area contributed by atoms with Crippen LogP contribution in [-0.2, 0) is 72.6 Å². The number of halogens is 3. The Balaban J connectivity index is 0.000000236. The van der Waals surface area contributed by atoms with Gasteiger partial charge in [0.2, 0.25) is 0 Å². The molecule has 0 aromatic heterocycles. The predicted octanol–water partition coefficient (Wildman–Crippen LogP) is 5.06. The van der Waals surface area contributed by atoms with Gasteiger partial charge in [-0.3, -0.25) is 54.3 Å². The van der Waals surface area contributed by atoms with Crippen LogP contribution in [0, 0.1) is 16.2 Å². The second-order valence-corrected chi connectivity index (χ2v) is 23.0. The molecule has 0 aromatic rings. The summed E-state index contributed by atoms with van der Waals surface area (Å²) in [5.41, 5.74) is -2.14. The van der Waals surface area contributed by atoms with Crippen LogP contribution in [0.4, 0.5) is 0 Å². The maximum absolute atomic E-state index is 12.1. The molecule has 0 aromatic carbocycles. The molecule has 0 aliphatic carbocycles. The fourth-order valence-corrected chi connectivity index (χ4v) is 9.02. The first-order valence-electron chi connectivity index (χ1n) is 11.4. The fraction of sp³-hybridized carbons (Fsp3) is 1.00. The molecule has 9 fully saturated rings. The second-order valence-electron chi connectivity index (χ2n) is 9.87. The molecule has 9 rings (SSSR count). The van der Waals surface area contributed by atoms with Gasteiger partial charge >= 0.3 is 36.5 Å². The molecule has 9 heterocycles. The van der Waals surface area contributed by atoms with Gasteiger partial charge in [0.05, 0.1) is 95.5 Å². The summed E-state index contributed by atoms with van der Waals surface area (Å²) in [5.74, 6) is 0. The van der Waals surface area contributed by atoms with Crippen LogP contribution in [0.2, 0.25) is 0 Å². The number of rotatable bonds is 7. The van der Waals surface area contributed by atoms with Crippen LogP contribution in [0.25, 0.3) is 0 Å². The fourth-order valence-electron chi connectivity index (χ4n) is 3.52. The normalized spacial score (nSPS) is 43.2. The lowest BCUT2D eigenvalue weighted by atomic mass is 9.93. The first-order chi connectivity index (χ1) is 18.8. The lowest BCUT2D eigenvalue weighted by molar-refractivity contribution is -0.122. The largest absolute Gasteiger partial charge is 0.474 e. The zero-order valence-corrected chi connectivity index (χ0v) is 27.5. The van der Waals surface area contributed by atoms with E-state index in [1.165, 1.54) is 0 Å². The van der Waals surface area contributed by atoms with E-state index in [1.807, 2.05) is 0 Å². The van der Waals surface area contributed by atoms with Gasteiger partial charge in [0.25, 0.3) is 0 Å². The molecular weight excluding hydrogens is 741 g/mol. The van der Waals surface area contributed by atoms with E-state index in [4.69, 9.17) is 54.9 Å². The average Bonchev–Trinajstić information content (AvgIpc) is 2.93. The van der Waals surface area contributed by atoms with Gasteiger partial charge in [-0.1, -0.05) is 7.43 Å². The number of fused-ring (bicyclic) bond motifs is 9. The maximum Gasteiger partial charge on any atom is 0.474 e. The SMILES string of the molecule is C.O=P(Cl)(Cl)Cl.O=P(O)(OCC12COP(=O)(OC1)OC2)OCC12COP(=O)(OC1)OC2.O=P12OCC(CO)(CO1)CO2. The molecular formula is C16H30Cl3O18P5. The molecule has 0 saturated carbocycles. The Morgan fingerprint density at radius 2 is 0.810 bits per heavy atom. The van der Waals surface area contributed by atoms with Gasteiger partial charge in [-0.2, -0.15) is 0 Å². The highest BCUT2D eigenvalue weighted by Crippen LogP contribution is 2.63. The first-order valence-corrected chi connectivity index (χ1v) is 21.7. The van der Waals surface area contributed by atoms with E-state index in [1.54, 1.807) is 0 Å². The Labute approximate surface area is 255 Å². The molecule has 26 heteroatoms. The molecule has 0 amide bonds. The zero-order chi connectivity index (χ0) is 30.3. The van der Waals surface area contributed by atoms with Gasteiger partial charge in [-0.25, -0.2) is 18.3 Å². The van der Waals surface area contributed by atoms with Gasteiger partial charge in [0, 0.05) is 0 Å². The summed E-state index contributed by atoms with van der Waals surface area (Å²) in [7, 11) is -14.5. The summed E-state index contributed by atoms with van der Waals surface area (Å²) in [4.78, 5) is 9.88. The molecule has 42 heavy (non-hydrogen) atoms. The monoisotopic (exact) mass is 770 g/mol. The van der Waals surface area contributed by atoms with Gasteiger partial charge in [0.15, 0.2) is 0 Å². The lowest BCUT2D eigenvalue weighted by Gasteiger charge is -2.44. The average molecular weight is 772 g/mol. The van der Waals surface area contributed by atoms with Crippen molar-refractivity contribution in [2.45, 2.75) is 7.43 Å². The van der Waals surface area contributed by atoms with Crippen LogP contribution in [0.15, 0.2) is 0 Å². The predicted molar refractivity (Wildman–Crippen MR) is 144 cm³/mol. The van der Waals surface area contributed by atoms with Crippen molar-refractivity contribution in [2.75, 3.05) is 79.3 Å². The molecule has 2 N–H and O–H groups in total. The van der Waals surface area contributed by atoms with Crippen molar-refractivity contribution in [3.8, 4) is 0 Å². The van der Waals surface area contributed by atoms with Crippen molar-refractivity contribution in [3.05, 3.63) is 0 Å². The molecule has 6 bridgehead atoms. The third-order valence-corrected chi connectivity index (χ3v) is 11.1. The number of phosphoric ester groups is 4. The van der Waals surface area contributed by atoms with E-state index < -0.39 is 52.7 Å². The van der Waals surface area contributed by atoms with E-state index in [2.05, 4.69) is 33.7 Å². The van der Waals surface area contributed by atoms with Crippen molar-refractivity contribution in [1.29, 1.82) is 0 Å². The molecule has 9 aliphatic heterocycles. The van der Waals surface area contributed by atoms with Crippen molar-refractivity contribution in [3.63, 3.8) is 0 Å². The zero-order valence-electron chi connectivity index (χ0n) is 20.8. The Morgan fingerprint density at radius 3 is 1.02 bits per heavy atom. The Morgan fingerprint density at radius 1 is 0.595 bits per heavy atom. The highest BCUT2D eigenvalue weighted by atomic mass is 36.0. The van der Waals surface area contributed by atoms with E-state index >= 15 is 0 Å². The van der Waals surface area contributed by atoms with Crippen molar-refractivity contribution in [1.82, 2.24) is 0 Å². The lowest BCUT2D eigenvalue weighted by Crippen LogP contribution is -2.48. The van der Waals surface area contributed by atoms with Crippen LogP contribution in [0.1, 0.15) is 7.43 Å². The molecule has 0 unspecified atom stereocenters.